The Morgan fingerprint density at radius 1 is 0.905 bits per heavy atom. The average Bonchev–Trinajstić information content (AvgIpc) is 2.84. The van der Waals surface area contributed by atoms with Crippen LogP contribution in [0.15, 0.2) is 54.6 Å². The third-order valence-electron chi connectivity index (χ3n) is 3.60. The van der Waals surface area contributed by atoms with E-state index < -0.39 is 11.6 Å². The number of carbonyl (C=O) groups excluding carboxylic acids is 2. The van der Waals surface area contributed by atoms with Crippen molar-refractivity contribution in [3.63, 3.8) is 0 Å². The van der Waals surface area contributed by atoms with Gasteiger partial charge in [-0.1, -0.05) is 42.5 Å². The first-order valence-corrected chi connectivity index (χ1v) is 6.50. The molecule has 0 aromatic heterocycles. The van der Waals surface area contributed by atoms with Crippen LogP contribution in [-0.4, -0.2) is 19.0 Å². The van der Waals surface area contributed by atoms with Crippen LogP contribution in [0.1, 0.15) is 11.1 Å². The normalized spacial score (nSPS) is 20.8. The minimum Gasteiger partial charge on any atom is -0.497 e. The van der Waals surface area contributed by atoms with Crippen molar-refractivity contribution in [3.8, 4) is 5.75 Å². The minimum absolute atomic E-state index is 0.385. The molecule has 5 heteroatoms. The van der Waals surface area contributed by atoms with Gasteiger partial charge in [-0.2, -0.15) is 0 Å². The maximum absolute atomic E-state index is 12.4. The molecular formula is C16H14N2O3. The molecule has 21 heavy (non-hydrogen) atoms. The van der Waals surface area contributed by atoms with Gasteiger partial charge in [-0.05, 0) is 23.3 Å². The number of rotatable bonds is 3. The summed E-state index contributed by atoms with van der Waals surface area (Å²) in [5, 5.41) is 5.06. The summed E-state index contributed by atoms with van der Waals surface area (Å²) in [5.74, 6) is 0.301. The van der Waals surface area contributed by atoms with Crippen molar-refractivity contribution in [1.82, 2.24) is 10.6 Å². The average molecular weight is 282 g/mol. The summed E-state index contributed by atoms with van der Waals surface area (Å²) in [7, 11) is 1.58. The summed E-state index contributed by atoms with van der Waals surface area (Å²) < 4.78 is 5.13. The van der Waals surface area contributed by atoms with Gasteiger partial charge in [-0.15, -0.1) is 0 Å². The highest BCUT2D eigenvalue weighted by molar-refractivity contribution is 6.09. The molecule has 2 N–H and O–H groups in total. The lowest BCUT2D eigenvalue weighted by Crippen LogP contribution is -2.44. The maximum atomic E-state index is 12.4. The predicted molar refractivity (Wildman–Crippen MR) is 76.9 cm³/mol. The van der Waals surface area contributed by atoms with E-state index in [2.05, 4.69) is 10.6 Å². The van der Waals surface area contributed by atoms with Crippen molar-refractivity contribution in [2.24, 2.45) is 0 Å². The van der Waals surface area contributed by atoms with E-state index >= 15 is 0 Å². The minimum atomic E-state index is -1.20. The van der Waals surface area contributed by atoms with Crippen LogP contribution in [0, 0.1) is 0 Å². The molecule has 0 radical (unpaired) electrons. The molecule has 3 amide bonds. The molecule has 1 fully saturated rings. The Bertz CT molecular complexity index is 682. The van der Waals surface area contributed by atoms with Gasteiger partial charge in [0.2, 0.25) is 0 Å². The number of hydrogen-bond acceptors (Lipinski definition) is 3. The molecule has 0 unspecified atom stereocenters. The summed E-state index contributed by atoms with van der Waals surface area (Å²) in [6.07, 6.45) is 0. The summed E-state index contributed by atoms with van der Waals surface area (Å²) >= 11 is 0. The smallest absolute Gasteiger partial charge is 0.322 e. The maximum Gasteiger partial charge on any atom is 0.322 e. The second kappa shape index (κ2) is 4.94. The number of urea groups is 1. The van der Waals surface area contributed by atoms with Crippen LogP contribution in [0.2, 0.25) is 0 Å². The van der Waals surface area contributed by atoms with E-state index in [0.717, 1.165) is 0 Å². The first-order chi connectivity index (χ1) is 10.2. The lowest BCUT2D eigenvalue weighted by atomic mass is 9.83. The van der Waals surface area contributed by atoms with Gasteiger partial charge in [0, 0.05) is 0 Å². The van der Waals surface area contributed by atoms with E-state index in [4.69, 9.17) is 4.74 Å². The van der Waals surface area contributed by atoms with Gasteiger partial charge in [0.25, 0.3) is 5.91 Å². The van der Waals surface area contributed by atoms with Gasteiger partial charge in [-0.25, -0.2) is 4.79 Å². The van der Waals surface area contributed by atoms with E-state index in [1.807, 2.05) is 30.3 Å². The summed E-state index contributed by atoms with van der Waals surface area (Å²) in [6.45, 7) is 0. The van der Waals surface area contributed by atoms with Crippen molar-refractivity contribution >= 4 is 11.9 Å². The molecule has 5 nitrogen and oxygen atoms in total. The standard InChI is InChI=1S/C16H14N2O3/c1-21-13-9-7-12(8-10-13)16(11-5-3-2-4-6-11)14(19)17-15(20)18-16/h2-10H,1H3,(H2,17,18,19,20)/t16-/m0/s1. The van der Waals surface area contributed by atoms with Crippen molar-refractivity contribution in [1.29, 1.82) is 0 Å². The first kappa shape index (κ1) is 13.2. The molecule has 106 valence electrons. The van der Waals surface area contributed by atoms with Crippen LogP contribution in [-0.2, 0) is 10.3 Å². The molecule has 1 aliphatic rings. The van der Waals surface area contributed by atoms with E-state index in [0.29, 0.717) is 16.9 Å². The molecular weight excluding hydrogens is 268 g/mol. The second-order valence-corrected chi connectivity index (χ2v) is 4.75. The van der Waals surface area contributed by atoms with E-state index in [-0.39, 0.29) is 5.91 Å². The van der Waals surface area contributed by atoms with Gasteiger partial charge < -0.3 is 10.1 Å². The van der Waals surface area contributed by atoms with Crippen LogP contribution in [0.4, 0.5) is 4.79 Å². The van der Waals surface area contributed by atoms with Crippen molar-refractivity contribution in [3.05, 3.63) is 65.7 Å². The molecule has 0 spiro atoms. The highest BCUT2D eigenvalue weighted by Gasteiger charge is 2.49. The van der Waals surface area contributed by atoms with Crippen LogP contribution in [0.25, 0.3) is 0 Å². The Morgan fingerprint density at radius 3 is 2.05 bits per heavy atom. The van der Waals surface area contributed by atoms with Crippen LogP contribution >= 0.6 is 0 Å². The van der Waals surface area contributed by atoms with Gasteiger partial charge >= 0.3 is 6.03 Å². The zero-order valence-electron chi connectivity index (χ0n) is 11.4. The lowest BCUT2D eigenvalue weighted by molar-refractivity contribution is -0.122. The number of benzene rings is 2. The van der Waals surface area contributed by atoms with Crippen LogP contribution in [0.3, 0.4) is 0 Å². The number of hydrogen-bond donors (Lipinski definition) is 2. The highest BCUT2D eigenvalue weighted by atomic mass is 16.5. The summed E-state index contributed by atoms with van der Waals surface area (Å²) in [5.41, 5.74) is 0.182. The molecule has 1 aliphatic heterocycles. The Balaban J connectivity index is 2.17. The van der Waals surface area contributed by atoms with E-state index in [1.165, 1.54) is 0 Å². The quantitative estimate of drug-likeness (QED) is 0.843. The molecule has 0 bridgehead atoms. The molecule has 3 rings (SSSR count). The molecule has 2 aromatic carbocycles. The molecule has 2 aromatic rings. The fourth-order valence-corrected chi connectivity index (χ4v) is 2.56. The number of amides is 3. The Labute approximate surface area is 121 Å². The Kier molecular flexibility index (Phi) is 3.10. The highest BCUT2D eigenvalue weighted by Crippen LogP contribution is 2.33. The van der Waals surface area contributed by atoms with Gasteiger partial charge in [0.15, 0.2) is 5.54 Å². The molecule has 1 saturated heterocycles. The number of methoxy groups -OCH3 is 1. The summed E-state index contributed by atoms with van der Waals surface area (Å²) in [4.78, 5) is 24.1. The fourth-order valence-electron chi connectivity index (χ4n) is 2.56. The molecule has 1 heterocycles. The topological polar surface area (TPSA) is 67.4 Å². The third kappa shape index (κ3) is 2.03. The van der Waals surface area contributed by atoms with Crippen LogP contribution in [0.5, 0.6) is 5.75 Å². The van der Waals surface area contributed by atoms with Crippen molar-refractivity contribution < 1.29 is 14.3 Å². The number of ether oxygens (including phenoxy) is 1. The van der Waals surface area contributed by atoms with E-state index in [1.54, 1.807) is 31.4 Å². The Morgan fingerprint density at radius 2 is 1.52 bits per heavy atom. The zero-order valence-corrected chi connectivity index (χ0v) is 11.4. The van der Waals surface area contributed by atoms with Gasteiger partial charge in [-0.3, -0.25) is 10.1 Å². The van der Waals surface area contributed by atoms with Crippen molar-refractivity contribution in [2.75, 3.05) is 7.11 Å². The second-order valence-electron chi connectivity index (χ2n) is 4.75. The lowest BCUT2D eigenvalue weighted by Gasteiger charge is -2.27. The summed E-state index contributed by atoms with van der Waals surface area (Å²) in [6, 6.07) is 15.7. The van der Waals surface area contributed by atoms with Crippen molar-refractivity contribution in [2.45, 2.75) is 5.54 Å². The third-order valence-corrected chi connectivity index (χ3v) is 3.60. The number of imide groups is 1. The number of carbonyl (C=O) groups is 2. The Hall–Kier alpha value is -2.82. The zero-order chi connectivity index (χ0) is 14.9. The SMILES string of the molecule is COc1ccc([C@]2(c3ccccc3)NC(=O)NC2=O)cc1. The molecule has 0 aliphatic carbocycles. The largest absolute Gasteiger partial charge is 0.497 e. The molecule has 0 saturated carbocycles. The number of nitrogens with one attached hydrogen (secondary N) is 2. The first-order valence-electron chi connectivity index (χ1n) is 6.50. The predicted octanol–water partition coefficient (Wildman–Crippen LogP) is 1.78. The van der Waals surface area contributed by atoms with Gasteiger partial charge in [0.1, 0.15) is 5.75 Å². The monoisotopic (exact) mass is 282 g/mol. The van der Waals surface area contributed by atoms with E-state index in [9.17, 15) is 9.59 Å². The van der Waals surface area contributed by atoms with Gasteiger partial charge in [0.05, 0.1) is 7.11 Å². The fraction of sp³-hybridized carbons (Fsp3) is 0.125. The van der Waals surface area contributed by atoms with Crippen LogP contribution < -0.4 is 15.4 Å². The molecule has 1 atom stereocenters.